The highest BCUT2D eigenvalue weighted by Gasteiger charge is 2.21. The molecule has 0 aromatic heterocycles. The fourth-order valence-electron chi connectivity index (χ4n) is 2.21. The summed E-state index contributed by atoms with van der Waals surface area (Å²) in [4.78, 5) is 23.3. The van der Waals surface area contributed by atoms with Gasteiger partial charge >= 0.3 is 0 Å². The Kier molecular flexibility index (Phi) is 6.40. The molecule has 2 rings (SSSR count). The van der Waals surface area contributed by atoms with Gasteiger partial charge in [0, 0.05) is 18.3 Å². The zero-order valence-electron chi connectivity index (χ0n) is 14.5. The summed E-state index contributed by atoms with van der Waals surface area (Å²) in [5.74, 6) is -1.53. The minimum Gasteiger partial charge on any atom is -0.326 e. The predicted octanol–water partition coefficient (Wildman–Crippen LogP) is 2.84. The van der Waals surface area contributed by atoms with Crippen LogP contribution in [0.25, 0.3) is 0 Å². The van der Waals surface area contributed by atoms with Crippen LogP contribution in [0.3, 0.4) is 0 Å². The van der Waals surface area contributed by atoms with Crippen LogP contribution in [0.4, 0.5) is 21.5 Å². The van der Waals surface area contributed by atoms with Crippen LogP contribution < -0.4 is 14.9 Å². The zero-order chi connectivity index (χ0) is 20.2. The lowest BCUT2D eigenvalue weighted by atomic mass is 10.2. The number of nitrogens with zero attached hydrogens (tertiary/aromatic N) is 1. The van der Waals surface area contributed by atoms with E-state index in [1.807, 2.05) is 0 Å². The first kappa shape index (κ1) is 20.7. The van der Waals surface area contributed by atoms with E-state index >= 15 is 0 Å². The first-order valence-corrected chi connectivity index (χ1v) is 9.89. The molecule has 0 saturated heterocycles. The number of benzene rings is 2. The van der Waals surface area contributed by atoms with Gasteiger partial charge in [0.05, 0.1) is 17.0 Å². The molecule has 2 aromatic carbocycles. The quantitative estimate of drug-likeness (QED) is 0.761. The highest BCUT2D eigenvalue weighted by atomic mass is 35.5. The van der Waals surface area contributed by atoms with Crippen molar-refractivity contribution in [1.29, 1.82) is 0 Å². The van der Waals surface area contributed by atoms with Gasteiger partial charge in [-0.05, 0) is 42.5 Å². The average Bonchev–Trinajstić information content (AvgIpc) is 2.56. The van der Waals surface area contributed by atoms with E-state index < -0.39 is 28.3 Å². The molecule has 0 saturated carbocycles. The van der Waals surface area contributed by atoms with Gasteiger partial charge in [-0.1, -0.05) is 11.6 Å². The molecule has 0 aliphatic rings. The summed E-state index contributed by atoms with van der Waals surface area (Å²) in [5, 5.41) is 4.89. The van der Waals surface area contributed by atoms with Crippen LogP contribution in [0.1, 0.15) is 6.92 Å². The Bertz CT molecular complexity index is 965. The molecular formula is C17H17ClFN3O4S. The highest BCUT2D eigenvalue weighted by molar-refractivity contribution is 7.92. The van der Waals surface area contributed by atoms with Crippen LogP contribution >= 0.6 is 11.6 Å². The number of carbonyl (C=O) groups is 2. The number of nitrogens with one attached hydrogen (secondary N) is 2. The number of halogens is 2. The number of hydrogen-bond donors (Lipinski definition) is 2. The summed E-state index contributed by atoms with van der Waals surface area (Å²) in [6.07, 6.45) is 0.930. The summed E-state index contributed by atoms with van der Waals surface area (Å²) < 4.78 is 38.2. The molecule has 7 nitrogen and oxygen atoms in total. The fraction of sp³-hybridized carbons (Fsp3) is 0.176. The number of sulfonamides is 1. The molecular weight excluding hydrogens is 397 g/mol. The topological polar surface area (TPSA) is 95.6 Å². The summed E-state index contributed by atoms with van der Waals surface area (Å²) in [5.41, 5.74) is 1.04. The molecule has 2 amide bonds. The molecule has 0 aliphatic heterocycles. The minimum absolute atomic E-state index is 0.0695. The highest BCUT2D eigenvalue weighted by Crippen LogP contribution is 2.24. The Morgan fingerprint density at radius 1 is 1.07 bits per heavy atom. The van der Waals surface area contributed by atoms with E-state index in [2.05, 4.69) is 10.6 Å². The average molecular weight is 414 g/mol. The van der Waals surface area contributed by atoms with Gasteiger partial charge in [0.25, 0.3) is 0 Å². The summed E-state index contributed by atoms with van der Waals surface area (Å²) in [7, 11) is -3.81. The van der Waals surface area contributed by atoms with Crippen LogP contribution in [-0.2, 0) is 19.6 Å². The SMILES string of the molecule is CC(=O)Nc1ccc(NC(=O)CN(c2ccc(F)c(Cl)c2)S(C)(=O)=O)cc1. The largest absolute Gasteiger partial charge is 0.326 e. The Morgan fingerprint density at radius 3 is 2.11 bits per heavy atom. The molecule has 0 unspecified atom stereocenters. The van der Waals surface area contributed by atoms with Crippen molar-refractivity contribution in [3.05, 3.63) is 53.3 Å². The number of amides is 2. The third-order valence-electron chi connectivity index (χ3n) is 3.37. The Balaban J connectivity index is 2.14. The number of anilines is 3. The molecule has 0 atom stereocenters. The second-order valence-electron chi connectivity index (χ2n) is 5.67. The molecule has 0 radical (unpaired) electrons. The van der Waals surface area contributed by atoms with E-state index in [-0.39, 0.29) is 16.6 Å². The molecule has 0 spiro atoms. The van der Waals surface area contributed by atoms with Gasteiger partial charge in [-0.2, -0.15) is 0 Å². The van der Waals surface area contributed by atoms with Crippen LogP contribution in [0.2, 0.25) is 5.02 Å². The molecule has 144 valence electrons. The van der Waals surface area contributed by atoms with Crippen LogP contribution in [0, 0.1) is 5.82 Å². The predicted molar refractivity (Wildman–Crippen MR) is 103 cm³/mol. The Labute approximate surface area is 161 Å². The summed E-state index contributed by atoms with van der Waals surface area (Å²) in [6.45, 7) is 0.853. The number of carbonyl (C=O) groups excluding carboxylic acids is 2. The third kappa shape index (κ3) is 5.93. The van der Waals surface area contributed by atoms with Gasteiger partial charge in [0.1, 0.15) is 12.4 Å². The van der Waals surface area contributed by atoms with Crippen molar-refractivity contribution in [2.75, 3.05) is 27.7 Å². The van der Waals surface area contributed by atoms with Crippen molar-refractivity contribution < 1.29 is 22.4 Å². The van der Waals surface area contributed by atoms with E-state index in [0.717, 1.165) is 22.7 Å². The third-order valence-corrected chi connectivity index (χ3v) is 4.80. The van der Waals surface area contributed by atoms with Gasteiger partial charge in [-0.15, -0.1) is 0 Å². The van der Waals surface area contributed by atoms with E-state index in [4.69, 9.17) is 11.6 Å². The van der Waals surface area contributed by atoms with Gasteiger partial charge in [-0.3, -0.25) is 13.9 Å². The molecule has 2 N–H and O–H groups in total. The minimum atomic E-state index is -3.81. The summed E-state index contributed by atoms with van der Waals surface area (Å²) in [6, 6.07) is 9.67. The molecule has 0 aliphatic carbocycles. The maximum Gasteiger partial charge on any atom is 0.245 e. The van der Waals surface area contributed by atoms with Gasteiger partial charge in [-0.25, -0.2) is 12.8 Å². The van der Waals surface area contributed by atoms with Crippen LogP contribution in [0.5, 0.6) is 0 Å². The maximum absolute atomic E-state index is 13.3. The van der Waals surface area contributed by atoms with Gasteiger partial charge in [0.2, 0.25) is 21.8 Å². The van der Waals surface area contributed by atoms with Crippen LogP contribution in [0.15, 0.2) is 42.5 Å². The van der Waals surface area contributed by atoms with Crippen molar-refractivity contribution >= 4 is 50.5 Å². The molecule has 0 bridgehead atoms. The lowest BCUT2D eigenvalue weighted by Crippen LogP contribution is -2.37. The maximum atomic E-state index is 13.3. The smallest absolute Gasteiger partial charge is 0.245 e. The number of rotatable bonds is 6. The second-order valence-corrected chi connectivity index (χ2v) is 7.99. The molecule has 10 heteroatoms. The normalized spacial score (nSPS) is 11.0. The fourth-order valence-corrected chi connectivity index (χ4v) is 3.23. The Morgan fingerprint density at radius 2 is 1.63 bits per heavy atom. The molecule has 2 aromatic rings. The van der Waals surface area contributed by atoms with Gasteiger partial charge in [0.15, 0.2) is 0 Å². The molecule has 0 heterocycles. The second kappa shape index (κ2) is 8.36. The zero-order valence-corrected chi connectivity index (χ0v) is 16.1. The lowest BCUT2D eigenvalue weighted by Gasteiger charge is -2.22. The van der Waals surface area contributed by atoms with Crippen molar-refractivity contribution in [2.24, 2.45) is 0 Å². The Hall–Kier alpha value is -2.65. The van der Waals surface area contributed by atoms with E-state index in [0.29, 0.717) is 11.4 Å². The lowest BCUT2D eigenvalue weighted by molar-refractivity contribution is -0.115. The first-order chi connectivity index (χ1) is 12.6. The van der Waals surface area contributed by atoms with Crippen LogP contribution in [-0.4, -0.2) is 33.0 Å². The van der Waals surface area contributed by atoms with Gasteiger partial charge < -0.3 is 10.6 Å². The van der Waals surface area contributed by atoms with Crippen molar-refractivity contribution in [3.8, 4) is 0 Å². The van der Waals surface area contributed by atoms with E-state index in [1.54, 1.807) is 24.3 Å². The molecule has 0 fully saturated rings. The number of hydrogen-bond acceptors (Lipinski definition) is 4. The van der Waals surface area contributed by atoms with Crippen molar-refractivity contribution in [3.63, 3.8) is 0 Å². The standard InChI is InChI=1S/C17H17ClFN3O4S/c1-11(23)20-12-3-5-13(6-4-12)21-17(24)10-22(27(2,25)26)14-7-8-16(19)15(18)9-14/h3-9H,10H2,1-2H3,(H,20,23)(H,21,24). The molecule has 27 heavy (non-hydrogen) atoms. The van der Waals surface area contributed by atoms with E-state index in [1.165, 1.54) is 13.0 Å². The van der Waals surface area contributed by atoms with E-state index in [9.17, 15) is 22.4 Å². The van der Waals surface area contributed by atoms with Crippen molar-refractivity contribution in [2.45, 2.75) is 6.92 Å². The summed E-state index contributed by atoms with van der Waals surface area (Å²) >= 11 is 5.70. The van der Waals surface area contributed by atoms with Crippen molar-refractivity contribution in [1.82, 2.24) is 0 Å². The monoisotopic (exact) mass is 413 g/mol. The first-order valence-electron chi connectivity index (χ1n) is 7.66.